The monoisotopic (exact) mass is 376 g/mol. The topological polar surface area (TPSA) is 41.5 Å². The summed E-state index contributed by atoms with van der Waals surface area (Å²) in [7, 11) is 0. The fourth-order valence-electron chi connectivity index (χ4n) is 2.87. The van der Waals surface area contributed by atoms with Gasteiger partial charge in [-0.2, -0.15) is 26.3 Å². The SMILES string of the molecule is Cc1cc(C(F)(F)F)cc(C2(NC(=O)C3=CC(C(F)(F)F)=NC3)CC2)c1. The number of amides is 1. The van der Waals surface area contributed by atoms with E-state index in [2.05, 4.69) is 10.3 Å². The van der Waals surface area contributed by atoms with Gasteiger partial charge in [-0.15, -0.1) is 0 Å². The molecule has 1 N–H and O–H groups in total. The molecule has 140 valence electrons. The molecule has 0 aromatic heterocycles. The fourth-order valence-corrected chi connectivity index (χ4v) is 2.87. The van der Waals surface area contributed by atoms with Crippen LogP contribution in [0.25, 0.3) is 0 Å². The van der Waals surface area contributed by atoms with Gasteiger partial charge in [-0.1, -0.05) is 11.6 Å². The lowest BCUT2D eigenvalue weighted by Gasteiger charge is -2.20. The van der Waals surface area contributed by atoms with Crippen molar-refractivity contribution in [3.8, 4) is 0 Å². The van der Waals surface area contributed by atoms with E-state index in [1.54, 1.807) is 6.07 Å². The number of halogens is 6. The Bertz CT molecular complexity index is 816. The van der Waals surface area contributed by atoms with Crippen LogP contribution in [0, 0.1) is 6.92 Å². The predicted molar refractivity (Wildman–Crippen MR) is 81.7 cm³/mol. The van der Waals surface area contributed by atoms with E-state index in [-0.39, 0.29) is 5.57 Å². The molecule has 0 radical (unpaired) electrons. The molecule has 1 aliphatic carbocycles. The van der Waals surface area contributed by atoms with Crippen molar-refractivity contribution in [1.82, 2.24) is 5.32 Å². The Morgan fingerprint density at radius 2 is 1.73 bits per heavy atom. The minimum absolute atomic E-state index is 0.160. The van der Waals surface area contributed by atoms with Crippen molar-refractivity contribution in [3.05, 3.63) is 46.5 Å². The maximum absolute atomic E-state index is 13.0. The predicted octanol–water partition coefficient (Wildman–Crippen LogP) is 4.06. The highest BCUT2D eigenvalue weighted by atomic mass is 19.4. The number of carbonyl (C=O) groups excluding carboxylic acids is 1. The molecule has 1 fully saturated rings. The average molecular weight is 376 g/mol. The highest BCUT2D eigenvalue weighted by Gasteiger charge is 2.47. The molecule has 0 bridgehead atoms. The normalized spacial score (nSPS) is 19.0. The second kappa shape index (κ2) is 5.85. The molecule has 0 unspecified atom stereocenters. The zero-order chi connectivity index (χ0) is 19.3. The molecular weight excluding hydrogens is 362 g/mol. The third-order valence-electron chi connectivity index (χ3n) is 4.37. The first kappa shape index (κ1) is 18.5. The van der Waals surface area contributed by atoms with Gasteiger partial charge in [0.25, 0.3) is 0 Å². The van der Waals surface area contributed by atoms with Crippen molar-refractivity contribution in [2.24, 2.45) is 4.99 Å². The fraction of sp³-hybridized carbons (Fsp3) is 0.412. The van der Waals surface area contributed by atoms with Crippen LogP contribution in [0.15, 0.2) is 34.8 Å². The molecular formula is C17H14F6N2O. The second-order valence-electron chi connectivity index (χ2n) is 6.49. The number of aliphatic imine (C=N–C) groups is 1. The van der Waals surface area contributed by atoms with Gasteiger partial charge in [0.1, 0.15) is 5.71 Å². The average Bonchev–Trinajstić information content (AvgIpc) is 3.09. The van der Waals surface area contributed by atoms with Crippen LogP contribution in [0.3, 0.4) is 0 Å². The number of aryl methyl sites for hydroxylation is 1. The highest BCUT2D eigenvalue weighted by Crippen LogP contribution is 2.47. The molecule has 1 aromatic rings. The highest BCUT2D eigenvalue weighted by molar-refractivity contribution is 6.09. The lowest BCUT2D eigenvalue weighted by atomic mass is 9.98. The minimum atomic E-state index is -4.64. The van der Waals surface area contributed by atoms with Crippen molar-refractivity contribution in [1.29, 1.82) is 0 Å². The zero-order valence-corrected chi connectivity index (χ0v) is 13.6. The Morgan fingerprint density at radius 3 is 2.23 bits per heavy atom. The van der Waals surface area contributed by atoms with E-state index < -0.39 is 41.6 Å². The number of hydrogen-bond acceptors (Lipinski definition) is 2. The molecule has 3 nitrogen and oxygen atoms in total. The van der Waals surface area contributed by atoms with Gasteiger partial charge in [-0.3, -0.25) is 9.79 Å². The van der Waals surface area contributed by atoms with Crippen molar-refractivity contribution in [2.75, 3.05) is 6.54 Å². The van der Waals surface area contributed by atoms with E-state index >= 15 is 0 Å². The molecule has 0 spiro atoms. The number of allylic oxidation sites excluding steroid dienone is 1. The summed E-state index contributed by atoms with van der Waals surface area (Å²) in [4.78, 5) is 15.6. The number of alkyl halides is 6. The number of nitrogens with zero attached hydrogens (tertiary/aromatic N) is 1. The van der Waals surface area contributed by atoms with E-state index in [0.29, 0.717) is 30.0 Å². The molecule has 1 aromatic carbocycles. The Labute approximate surface area is 144 Å². The molecule has 9 heteroatoms. The molecule has 2 aliphatic rings. The Balaban J connectivity index is 1.81. The summed E-state index contributed by atoms with van der Waals surface area (Å²) in [5.74, 6) is -0.749. The van der Waals surface area contributed by atoms with Crippen LogP contribution in [0.2, 0.25) is 0 Å². The summed E-state index contributed by atoms with van der Waals surface area (Å²) in [6, 6.07) is 3.52. The van der Waals surface area contributed by atoms with Gasteiger partial charge in [0.05, 0.1) is 17.6 Å². The molecule has 0 atom stereocenters. The summed E-state index contributed by atoms with van der Waals surface area (Å²) in [5.41, 5.74) is -2.41. The van der Waals surface area contributed by atoms with Crippen LogP contribution in [0.5, 0.6) is 0 Å². The third-order valence-corrected chi connectivity index (χ3v) is 4.37. The van der Waals surface area contributed by atoms with Gasteiger partial charge >= 0.3 is 12.4 Å². The van der Waals surface area contributed by atoms with Gasteiger partial charge in [0, 0.05) is 5.57 Å². The summed E-state index contributed by atoms with van der Waals surface area (Å²) in [6.07, 6.45) is -7.66. The van der Waals surface area contributed by atoms with Crippen molar-refractivity contribution in [3.63, 3.8) is 0 Å². The lowest BCUT2D eigenvalue weighted by molar-refractivity contribution is -0.137. The van der Waals surface area contributed by atoms with Gasteiger partial charge in [-0.05, 0) is 43.5 Å². The molecule has 1 aliphatic heterocycles. The second-order valence-corrected chi connectivity index (χ2v) is 6.49. The molecule has 0 saturated heterocycles. The standard InChI is InChI=1S/C17H14F6N2O/c1-9-4-11(7-12(5-9)16(18,19)20)15(2-3-15)25-14(26)10-6-13(24-8-10)17(21,22)23/h4-7H,2-3,8H2,1H3,(H,25,26). The van der Waals surface area contributed by atoms with Crippen LogP contribution in [0.4, 0.5) is 26.3 Å². The van der Waals surface area contributed by atoms with Crippen LogP contribution in [-0.2, 0) is 16.5 Å². The van der Waals surface area contributed by atoms with E-state index in [4.69, 9.17) is 0 Å². The molecule has 1 saturated carbocycles. The Hall–Kier alpha value is -2.32. The van der Waals surface area contributed by atoms with E-state index in [1.165, 1.54) is 6.92 Å². The number of hydrogen-bond donors (Lipinski definition) is 1. The maximum Gasteiger partial charge on any atom is 0.432 e. The Morgan fingerprint density at radius 1 is 1.08 bits per heavy atom. The summed E-state index contributed by atoms with van der Waals surface area (Å²) in [6.45, 7) is 1.11. The smallest absolute Gasteiger partial charge is 0.343 e. The summed E-state index contributed by atoms with van der Waals surface area (Å²) in [5, 5.41) is 2.59. The lowest BCUT2D eigenvalue weighted by Crippen LogP contribution is -2.36. The summed E-state index contributed by atoms with van der Waals surface area (Å²) < 4.78 is 76.8. The van der Waals surface area contributed by atoms with E-state index in [0.717, 1.165) is 12.1 Å². The number of carbonyl (C=O) groups is 1. The quantitative estimate of drug-likeness (QED) is 0.795. The third kappa shape index (κ3) is 3.61. The first-order valence-electron chi connectivity index (χ1n) is 7.75. The Kier molecular flexibility index (Phi) is 4.16. The van der Waals surface area contributed by atoms with Crippen molar-refractivity contribution < 1.29 is 31.1 Å². The molecule has 26 heavy (non-hydrogen) atoms. The van der Waals surface area contributed by atoms with Gasteiger partial charge in [-0.25, -0.2) is 0 Å². The van der Waals surface area contributed by atoms with E-state index in [1.807, 2.05) is 0 Å². The first-order chi connectivity index (χ1) is 11.9. The van der Waals surface area contributed by atoms with Gasteiger partial charge in [0.2, 0.25) is 5.91 Å². The molecule has 1 amide bonds. The van der Waals surface area contributed by atoms with Crippen LogP contribution >= 0.6 is 0 Å². The van der Waals surface area contributed by atoms with Gasteiger partial charge < -0.3 is 5.32 Å². The van der Waals surface area contributed by atoms with Crippen LogP contribution < -0.4 is 5.32 Å². The van der Waals surface area contributed by atoms with Gasteiger partial charge in [0.15, 0.2) is 0 Å². The number of benzene rings is 1. The molecule has 3 rings (SSSR count). The van der Waals surface area contributed by atoms with Crippen molar-refractivity contribution in [2.45, 2.75) is 37.7 Å². The molecule has 1 heterocycles. The van der Waals surface area contributed by atoms with E-state index in [9.17, 15) is 31.1 Å². The number of rotatable bonds is 3. The zero-order valence-electron chi connectivity index (χ0n) is 13.6. The number of nitrogens with one attached hydrogen (secondary N) is 1. The first-order valence-corrected chi connectivity index (χ1v) is 7.75. The largest absolute Gasteiger partial charge is 0.432 e. The minimum Gasteiger partial charge on any atom is -0.343 e. The van der Waals surface area contributed by atoms with Crippen LogP contribution in [-0.4, -0.2) is 24.3 Å². The van der Waals surface area contributed by atoms with Crippen LogP contribution in [0.1, 0.15) is 29.5 Å². The summed E-state index contributed by atoms with van der Waals surface area (Å²) >= 11 is 0. The maximum atomic E-state index is 13.0. The van der Waals surface area contributed by atoms with Crippen molar-refractivity contribution >= 4 is 11.6 Å².